The molecule has 0 aromatic carbocycles. The molecule has 1 aromatic rings. The highest BCUT2D eigenvalue weighted by Crippen LogP contribution is 2.13. The van der Waals surface area contributed by atoms with E-state index < -0.39 is 0 Å². The van der Waals surface area contributed by atoms with E-state index in [-0.39, 0.29) is 5.69 Å². The summed E-state index contributed by atoms with van der Waals surface area (Å²) in [5, 5.41) is 3.16. The quantitative estimate of drug-likeness (QED) is 0.538. The van der Waals surface area contributed by atoms with Crippen LogP contribution in [0.15, 0.2) is 4.79 Å². The molecular weight excluding hydrogens is 168 g/mol. The van der Waals surface area contributed by atoms with Gasteiger partial charge in [-0.05, 0) is 6.54 Å². The SMILES string of the molecule is NCCc1nc(=O)[nH]c2c1CNC2. The summed E-state index contributed by atoms with van der Waals surface area (Å²) >= 11 is 0. The van der Waals surface area contributed by atoms with E-state index in [2.05, 4.69) is 15.3 Å². The first-order chi connectivity index (χ1) is 6.31. The molecule has 1 aromatic heterocycles. The van der Waals surface area contributed by atoms with E-state index in [1.54, 1.807) is 0 Å². The third-order valence-corrected chi connectivity index (χ3v) is 2.19. The monoisotopic (exact) mass is 180 g/mol. The predicted octanol–water partition coefficient (Wildman–Crippen LogP) is -1.13. The fourth-order valence-corrected chi connectivity index (χ4v) is 1.61. The molecule has 13 heavy (non-hydrogen) atoms. The summed E-state index contributed by atoms with van der Waals surface area (Å²) in [6, 6.07) is 0. The van der Waals surface area contributed by atoms with Crippen molar-refractivity contribution in [3.63, 3.8) is 0 Å². The van der Waals surface area contributed by atoms with E-state index in [1.807, 2.05) is 0 Å². The van der Waals surface area contributed by atoms with E-state index in [9.17, 15) is 4.79 Å². The molecule has 0 saturated carbocycles. The Labute approximate surface area is 75.4 Å². The van der Waals surface area contributed by atoms with Gasteiger partial charge in [0.15, 0.2) is 0 Å². The van der Waals surface area contributed by atoms with Crippen molar-refractivity contribution >= 4 is 0 Å². The minimum absolute atomic E-state index is 0.272. The Morgan fingerprint density at radius 2 is 2.31 bits per heavy atom. The van der Waals surface area contributed by atoms with Crippen LogP contribution in [0.3, 0.4) is 0 Å². The number of nitrogens with zero attached hydrogens (tertiary/aromatic N) is 1. The van der Waals surface area contributed by atoms with Crippen molar-refractivity contribution in [2.24, 2.45) is 5.73 Å². The van der Waals surface area contributed by atoms with E-state index in [0.717, 1.165) is 30.0 Å². The number of hydrogen-bond acceptors (Lipinski definition) is 4. The van der Waals surface area contributed by atoms with Gasteiger partial charge >= 0.3 is 5.69 Å². The molecule has 5 heteroatoms. The molecule has 0 atom stereocenters. The largest absolute Gasteiger partial charge is 0.345 e. The van der Waals surface area contributed by atoms with Crippen LogP contribution < -0.4 is 16.7 Å². The van der Waals surface area contributed by atoms with Gasteiger partial charge in [-0.1, -0.05) is 0 Å². The Morgan fingerprint density at radius 3 is 3.08 bits per heavy atom. The molecule has 0 amide bonds. The molecule has 70 valence electrons. The summed E-state index contributed by atoms with van der Waals surface area (Å²) in [7, 11) is 0. The van der Waals surface area contributed by atoms with Gasteiger partial charge in [-0.15, -0.1) is 0 Å². The lowest BCUT2D eigenvalue weighted by atomic mass is 10.1. The second-order valence-electron chi connectivity index (χ2n) is 3.09. The summed E-state index contributed by atoms with van der Waals surface area (Å²) in [5.41, 5.74) is 8.08. The van der Waals surface area contributed by atoms with Crippen molar-refractivity contribution in [3.05, 3.63) is 27.4 Å². The molecule has 0 aliphatic carbocycles. The number of aromatic amines is 1. The molecule has 1 aliphatic rings. The molecule has 2 rings (SSSR count). The average molecular weight is 180 g/mol. The first-order valence-electron chi connectivity index (χ1n) is 4.33. The Morgan fingerprint density at radius 1 is 1.46 bits per heavy atom. The molecule has 2 heterocycles. The van der Waals surface area contributed by atoms with E-state index in [0.29, 0.717) is 13.0 Å². The summed E-state index contributed by atoms with van der Waals surface area (Å²) in [5.74, 6) is 0. The summed E-state index contributed by atoms with van der Waals surface area (Å²) in [6.45, 7) is 2.04. The fraction of sp³-hybridized carbons (Fsp3) is 0.500. The average Bonchev–Trinajstić information content (AvgIpc) is 2.52. The van der Waals surface area contributed by atoms with Crippen LogP contribution in [0.1, 0.15) is 17.0 Å². The highest BCUT2D eigenvalue weighted by Gasteiger charge is 2.15. The van der Waals surface area contributed by atoms with Gasteiger partial charge < -0.3 is 16.0 Å². The van der Waals surface area contributed by atoms with Gasteiger partial charge in [0.05, 0.1) is 5.69 Å². The van der Waals surface area contributed by atoms with Crippen molar-refractivity contribution in [1.82, 2.24) is 15.3 Å². The summed E-state index contributed by atoms with van der Waals surface area (Å²) in [6.07, 6.45) is 0.675. The molecule has 0 spiro atoms. The van der Waals surface area contributed by atoms with Crippen LogP contribution in [0, 0.1) is 0 Å². The Kier molecular flexibility index (Phi) is 2.12. The maximum atomic E-state index is 11.1. The van der Waals surface area contributed by atoms with E-state index >= 15 is 0 Å². The van der Waals surface area contributed by atoms with Crippen LogP contribution in [0.2, 0.25) is 0 Å². The summed E-state index contributed by atoms with van der Waals surface area (Å²) in [4.78, 5) is 17.7. The number of hydrogen-bond donors (Lipinski definition) is 3. The Hall–Kier alpha value is -1.20. The third-order valence-electron chi connectivity index (χ3n) is 2.19. The Bertz CT molecular complexity index is 371. The van der Waals surface area contributed by atoms with Crippen molar-refractivity contribution in [3.8, 4) is 0 Å². The van der Waals surface area contributed by atoms with Crippen LogP contribution in [0.25, 0.3) is 0 Å². The predicted molar refractivity (Wildman–Crippen MR) is 48.2 cm³/mol. The highest BCUT2D eigenvalue weighted by atomic mass is 16.1. The number of fused-ring (bicyclic) bond motifs is 1. The van der Waals surface area contributed by atoms with Gasteiger partial charge in [-0.25, -0.2) is 4.79 Å². The number of H-pyrrole nitrogens is 1. The summed E-state index contributed by atoms with van der Waals surface area (Å²) < 4.78 is 0. The van der Waals surface area contributed by atoms with Crippen LogP contribution in [0.4, 0.5) is 0 Å². The lowest BCUT2D eigenvalue weighted by Gasteiger charge is -2.03. The molecule has 0 saturated heterocycles. The van der Waals surface area contributed by atoms with Crippen molar-refractivity contribution in [2.45, 2.75) is 19.5 Å². The second kappa shape index (κ2) is 3.27. The van der Waals surface area contributed by atoms with Crippen molar-refractivity contribution in [2.75, 3.05) is 6.54 Å². The van der Waals surface area contributed by atoms with Gasteiger partial charge in [0, 0.05) is 30.8 Å². The zero-order valence-corrected chi connectivity index (χ0v) is 7.26. The van der Waals surface area contributed by atoms with E-state index in [4.69, 9.17) is 5.73 Å². The lowest BCUT2D eigenvalue weighted by Crippen LogP contribution is -2.18. The first kappa shape index (κ1) is 8.40. The number of rotatable bonds is 2. The van der Waals surface area contributed by atoms with Gasteiger partial charge in [-0.3, -0.25) is 0 Å². The van der Waals surface area contributed by atoms with Gasteiger partial charge in [0.2, 0.25) is 0 Å². The number of nitrogens with two attached hydrogens (primary N) is 1. The van der Waals surface area contributed by atoms with Crippen molar-refractivity contribution < 1.29 is 0 Å². The van der Waals surface area contributed by atoms with Crippen LogP contribution >= 0.6 is 0 Å². The molecule has 0 unspecified atom stereocenters. The molecular formula is C8H12N4O. The van der Waals surface area contributed by atoms with Crippen molar-refractivity contribution in [1.29, 1.82) is 0 Å². The standard InChI is InChI=1S/C8H12N4O/c9-2-1-6-5-3-10-4-7(5)12-8(13)11-6/h10H,1-4,9H2,(H,11,12,13). The first-order valence-corrected chi connectivity index (χ1v) is 4.33. The molecule has 4 N–H and O–H groups in total. The smallest absolute Gasteiger partial charge is 0.330 e. The molecule has 0 fully saturated rings. The lowest BCUT2D eigenvalue weighted by molar-refractivity contribution is 0.754. The third kappa shape index (κ3) is 1.48. The molecule has 5 nitrogen and oxygen atoms in total. The Balaban J connectivity index is 2.49. The van der Waals surface area contributed by atoms with Gasteiger partial charge in [0.25, 0.3) is 0 Å². The van der Waals surface area contributed by atoms with Gasteiger partial charge in [0.1, 0.15) is 0 Å². The molecule has 0 bridgehead atoms. The van der Waals surface area contributed by atoms with Crippen LogP contribution in [0.5, 0.6) is 0 Å². The fourth-order valence-electron chi connectivity index (χ4n) is 1.61. The second-order valence-corrected chi connectivity index (χ2v) is 3.09. The van der Waals surface area contributed by atoms with Gasteiger partial charge in [-0.2, -0.15) is 4.98 Å². The van der Waals surface area contributed by atoms with Crippen LogP contribution in [-0.4, -0.2) is 16.5 Å². The van der Waals surface area contributed by atoms with E-state index in [1.165, 1.54) is 0 Å². The maximum absolute atomic E-state index is 11.1. The maximum Gasteiger partial charge on any atom is 0.345 e. The topological polar surface area (TPSA) is 83.8 Å². The highest BCUT2D eigenvalue weighted by molar-refractivity contribution is 5.28. The minimum Gasteiger partial charge on any atom is -0.330 e. The molecule has 1 aliphatic heterocycles. The normalized spacial score (nSPS) is 14.5. The number of aromatic nitrogens is 2. The zero-order valence-electron chi connectivity index (χ0n) is 7.26. The zero-order chi connectivity index (χ0) is 9.26. The molecule has 0 radical (unpaired) electrons. The number of nitrogens with one attached hydrogen (secondary N) is 2. The minimum atomic E-state index is -0.272. The van der Waals surface area contributed by atoms with Crippen LogP contribution in [-0.2, 0) is 19.5 Å².